The fourth-order valence-electron chi connectivity index (χ4n) is 11.2. The Hall–Kier alpha value is -9.46. The van der Waals surface area contributed by atoms with E-state index in [1.54, 1.807) is 0 Å². The Bertz CT molecular complexity index is 4540. The van der Waals surface area contributed by atoms with Crippen LogP contribution in [0.3, 0.4) is 0 Å². The Balaban J connectivity index is 1.14. The Morgan fingerprint density at radius 2 is 0.592 bits per heavy atom. The predicted molar refractivity (Wildman–Crippen MR) is 274 cm³/mol. The number of benzene rings is 10. The average molecular weight is 930 g/mol. The molecule has 14 aromatic rings. The van der Waals surface area contributed by atoms with Crippen molar-refractivity contribution >= 4 is 87.2 Å². The van der Waals surface area contributed by atoms with Crippen molar-refractivity contribution in [2.45, 2.75) is 0 Å². The van der Waals surface area contributed by atoms with Crippen LogP contribution in [-0.2, 0) is 0 Å². The monoisotopic (exact) mass is 929 g/mol. The highest BCUT2D eigenvalue weighted by Crippen LogP contribution is 2.44. The Kier molecular flexibility index (Phi) is 8.59. The topological polar surface area (TPSA) is 43.5 Å². The number of aromatic nitrogens is 4. The summed E-state index contributed by atoms with van der Waals surface area (Å²) >= 11 is 0. The van der Waals surface area contributed by atoms with Crippen molar-refractivity contribution in [2.24, 2.45) is 0 Å². The van der Waals surface area contributed by atoms with Gasteiger partial charge in [0.2, 0.25) is 5.82 Å². The summed E-state index contributed by atoms with van der Waals surface area (Å²) in [4.78, 5) is 0. The van der Waals surface area contributed by atoms with Gasteiger partial charge in [-0.05, 0) is 72.8 Å². The number of hydrogen-bond donors (Lipinski definition) is 0. The molecule has 0 radical (unpaired) electrons. The minimum Gasteiger partial charge on any atom is -0.309 e. The highest BCUT2D eigenvalue weighted by molar-refractivity contribution is 6.14. The second-order valence-electron chi connectivity index (χ2n) is 17.8. The van der Waals surface area contributed by atoms with Crippen molar-refractivity contribution < 1.29 is 22.0 Å². The van der Waals surface area contributed by atoms with E-state index in [9.17, 15) is 9.65 Å². The van der Waals surface area contributed by atoms with Crippen LogP contribution in [0.25, 0.3) is 121 Å². The van der Waals surface area contributed by atoms with Gasteiger partial charge in [-0.3, -0.25) is 0 Å². The maximum atomic E-state index is 16.2. The van der Waals surface area contributed by atoms with E-state index in [0.717, 1.165) is 87.6 Å². The van der Waals surface area contributed by atoms with E-state index in [1.165, 1.54) is 12.1 Å². The predicted octanol–water partition coefficient (Wildman–Crippen LogP) is 16.3. The Labute approximate surface area is 399 Å². The molecule has 0 saturated heterocycles. The SMILES string of the molecule is N#Cc1cc(-n2c3ccccc3c3ccc(-n4c5ccccc5c5ccccc54)cc32)c(-n2c3ccccc3c3ccc(-n4c5ccccc5c5ccccc54)cc32)cc1-c1c(F)c(F)c(F)c(F)c1F. The van der Waals surface area contributed by atoms with E-state index < -0.39 is 40.2 Å². The van der Waals surface area contributed by atoms with Crippen molar-refractivity contribution in [1.29, 1.82) is 5.26 Å². The molecule has 0 amide bonds. The van der Waals surface area contributed by atoms with Gasteiger partial charge < -0.3 is 18.3 Å². The molecule has 336 valence electrons. The highest BCUT2D eigenvalue weighted by atomic mass is 19.2. The third-order valence-corrected chi connectivity index (χ3v) is 14.2. The van der Waals surface area contributed by atoms with Crippen LogP contribution in [-0.4, -0.2) is 18.3 Å². The van der Waals surface area contributed by atoms with Crippen LogP contribution >= 0.6 is 0 Å². The molecule has 0 saturated carbocycles. The number of halogens is 5. The summed E-state index contributed by atoms with van der Waals surface area (Å²) in [6, 6.07) is 65.7. The first-order valence-corrected chi connectivity index (χ1v) is 22.9. The minimum atomic E-state index is -2.29. The lowest BCUT2D eigenvalue weighted by molar-refractivity contribution is 0.381. The molecular weight excluding hydrogens is 898 g/mol. The molecule has 14 rings (SSSR count). The largest absolute Gasteiger partial charge is 0.309 e. The van der Waals surface area contributed by atoms with Gasteiger partial charge in [0.05, 0.1) is 72.7 Å². The normalized spacial score (nSPS) is 12.0. The molecule has 0 atom stereocenters. The summed E-state index contributed by atoms with van der Waals surface area (Å²) in [7, 11) is 0. The number of rotatable bonds is 5. The first-order chi connectivity index (χ1) is 34.8. The summed E-state index contributed by atoms with van der Waals surface area (Å²) in [6.07, 6.45) is 0. The summed E-state index contributed by atoms with van der Waals surface area (Å²) in [5.74, 6) is -10.6. The van der Waals surface area contributed by atoms with Gasteiger partial charge in [0.15, 0.2) is 23.3 Å². The van der Waals surface area contributed by atoms with Crippen molar-refractivity contribution in [1.82, 2.24) is 18.3 Å². The van der Waals surface area contributed by atoms with E-state index in [-0.39, 0.29) is 5.56 Å². The van der Waals surface area contributed by atoms with Crippen LogP contribution in [0.5, 0.6) is 0 Å². The molecule has 0 bridgehead atoms. The van der Waals surface area contributed by atoms with Gasteiger partial charge >= 0.3 is 0 Å². The minimum absolute atomic E-state index is 0.303. The zero-order valence-electron chi connectivity index (χ0n) is 37.1. The van der Waals surface area contributed by atoms with Gasteiger partial charge in [0, 0.05) is 60.0 Å². The number of nitriles is 1. The molecule has 71 heavy (non-hydrogen) atoms. The fraction of sp³-hybridized carbons (Fsp3) is 0. The lowest BCUT2D eigenvalue weighted by Crippen LogP contribution is -2.08. The molecule has 0 N–H and O–H groups in total. The average Bonchev–Trinajstić information content (AvgIpc) is 4.14. The standard InChI is InChI=1S/C61H32F5N5/c62-57-56(58(63)60(65)61(66)59(57)64)45-32-55(71-51-24-12-6-18-42(51)44-28-26-36(31-53(44)71)69-48-21-9-3-15-39(48)40-16-4-10-22-49(40)69)54(29-34(45)33-67)70-50-23-11-5-17-41(50)43-27-25-35(30-52(43)70)68-46-19-7-1-13-37(46)38-14-2-8-20-47(38)68/h1-32H. The van der Waals surface area contributed by atoms with Crippen LogP contribution < -0.4 is 0 Å². The molecule has 0 aliphatic heterocycles. The van der Waals surface area contributed by atoms with E-state index in [2.05, 4.69) is 94.1 Å². The molecule has 0 aliphatic carbocycles. The fourth-order valence-corrected chi connectivity index (χ4v) is 11.2. The lowest BCUT2D eigenvalue weighted by atomic mass is 9.96. The van der Waals surface area contributed by atoms with Gasteiger partial charge in [-0.1, -0.05) is 121 Å². The van der Waals surface area contributed by atoms with Crippen LogP contribution in [0.4, 0.5) is 22.0 Å². The molecule has 4 aromatic heterocycles. The zero-order valence-corrected chi connectivity index (χ0v) is 37.1. The Morgan fingerprint density at radius 1 is 0.296 bits per heavy atom. The lowest BCUT2D eigenvalue weighted by Gasteiger charge is -2.20. The van der Waals surface area contributed by atoms with Gasteiger partial charge in [-0.25, -0.2) is 22.0 Å². The first-order valence-electron chi connectivity index (χ1n) is 22.9. The van der Waals surface area contributed by atoms with Crippen LogP contribution in [0.15, 0.2) is 194 Å². The van der Waals surface area contributed by atoms with Crippen molar-refractivity contribution in [3.63, 3.8) is 0 Å². The molecular formula is C61H32F5N5. The molecule has 5 nitrogen and oxygen atoms in total. The molecule has 10 heteroatoms. The van der Waals surface area contributed by atoms with E-state index in [0.29, 0.717) is 22.4 Å². The van der Waals surface area contributed by atoms with E-state index >= 15 is 17.6 Å². The smallest absolute Gasteiger partial charge is 0.200 e. The summed E-state index contributed by atoms with van der Waals surface area (Å²) in [6.45, 7) is 0. The maximum Gasteiger partial charge on any atom is 0.200 e. The van der Waals surface area contributed by atoms with Crippen LogP contribution in [0, 0.1) is 40.4 Å². The van der Waals surface area contributed by atoms with E-state index in [4.69, 9.17) is 0 Å². The number of fused-ring (bicyclic) bond motifs is 12. The maximum absolute atomic E-state index is 16.2. The molecule has 0 spiro atoms. The van der Waals surface area contributed by atoms with Gasteiger partial charge in [-0.15, -0.1) is 0 Å². The quantitative estimate of drug-likeness (QED) is 0.0963. The highest BCUT2D eigenvalue weighted by Gasteiger charge is 2.31. The molecule has 0 unspecified atom stereocenters. The zero-order chi connectivity index (χ0) is 47.8. The van der Waals surface area contributed by atoms with Crippen molar-refractivity contribution in [3.8, 4) is 39.9 Å². The first kappa shape index (κ1) is 40.6. The molecule has 0 aliphatic rings. The Morgan fingerprint density at radius 3 is 0.944 bits per heavy atom. The second-order valence-corrected chi connectivity index (χ2v) is 17.8. The summed E-state index contributed by atoms with van der Waals surface area (Å²) in [5.41, 5.74) is 7.28. The third-order valence-electron chi connectivity index (χ3n) is 14.2. The number of nitrogens with zero attached hydrogens (tertiary/aromatic N) is 5. The van der Waals surface area contributed by atoms with Crippen LogP contribution in [0.2, 0.25) is 0 Å². The van der Waals surface area contributed by atoms with Gasteiger partial charge in [0.1, 0.15) is 0 Å². The van der Waals surface area contributed by atoms with Crippen molar-refractivity contribution in [2.75, 3.05) is 0 Å². The second kappa shape index (κ2) is 15.0. The van der Waals surface area contributed by atoms with Gasteiger partial charge in [0.25, 0.3) is 0 Å². The van der Waals surface area contributed by atoms with Crippen molar-refractivity contribution in [3.05, 3.63) is 229 Å². The number of para-hydroxylation sites is 6. The molecule has 0 fully saturated rings. The summed E-state index contributed by atoms with van der Waals surface area (Å²) in [5, 5.41) is 18.7. The third kappa shape index (κ3) is 5.60. The summed E-state index contributed by atoms with van der Waals surface area (Å²) < 4.78 is 86.0. The van der Waals surface area contributed by atoms with Gasteiger partial charge in [-0.2, -0.15) is 5.26 Å². The van der Waals surface area contributed by atoms with Crippen LogP contribution in [0.1, 0.15) is 5.56 Å². The molecule has 10 aromatic carbocycles. The van der Waals surface area contributed by atoms with E-state index in [1.807, 2.05) is 112 Å². The number of hydrogen-bond acceptors (Lipinski definition) is 1. The molecule has 4 heterocycles.